The number of hydrogen-bond donors (Lipinski definition) is 3. The minimum absolute atomic E-state index is 0.0607. The van der Waals surface area contributed by atoms with Gasteiger partial charge in [0.15, 0.2) is 0 Å². The smallest absolute Gasteiger partial charge is 0.315 e. The Kier molecular flexibility index (Phi) is 5.47. The monoisotopic (exact) mass is 306 g/mol. The molecule has 0 aliphatic rings. The number of hydrogen-bond acceptors (Lipinski definition) is 5. The zero-order valence-corrected chi connectivity index (χ0v) is 12.4. The fraction of sp³-hybridized carbons (Fsp3) is 0.312. The summed E-state index contributed by atoms with van der Waals surface area (Å²) in [5.41, 5.74) is 0.768. The predicted molar refractivity (Wildman–Crippen MR) is 84.6 cm³/mol. The molecule has 0 amide bonds. The van der Waals surface area contributed by atoms with Gasteiger partial charge in [-0.05, 0) is 29.9 Å². The van der Waals surface area contributed by atoms with Crippen LogP contribution in [-0.4, -0.2) is 28.5 Å². The molecule has 0 saturated carbocycles. The number of rotatable bonds is 6. The summed E-state index contributed by atoms with van der Waals surface area (Å²) in [5.74, 6) is -0.0994. The van der Waals surface area contributed by atoms with Crippen LogP contribution in [0.1, 0.15) is 24.5 Å². The quantitative estimate of drug-likeness (QED) is 0.436. The van der Waals surface area contributed by atoms with Gasteiger partial charge in [0, 0.05) is 5.39 Å². The van der Waals surface area contributed by atoms with Gasteiger partial charge in [-0.1, -0.05) is 30.3 Å². The van der Waals surface area contributed by atoms with Gasteiger partial charge in [-0.15, -0.1) is 0 Å². The molecule has 0 bridgehead atoms. The zero-order chi connectivity index (χ0) is 15.2. The third-order valence-corrected chi connectivity index (χ3v) is 3.57. The highest BCUT2D eigenvalue weighted by Gasteiger charge is 2.13. The minimum Gasteiger partial charge on any atom is -0.507 e. The highest BCUT2D eigenvalue weighted by molar-refractivity contribution is 7.81. The van der Waals surface area contributed by atoms with Crippen LogP contribution in [0.2, 0.25) is 0 Å². The Morgan fingerprint density at radius 1 is 1.19 bits per heavy atom. The van der Waals surface area contributed by atoms with Crippen LogP contribution in [0.3, 0.4) is 0 Å². The Bertz CT molecular complexity index is 627. The lowest BCUT2D eigenvalue weighted by atomic mass is 9.97. The summed E-state index contributed by atoms with van der Waals surface area (Å²) in [4.78, 5) is 10.9. The number of phenolic OH excluding ortho intramolecular Hbond substituents is 1. The molecule has 0 radical (unpaired) electrons. The van der Waals surface area contributed by atoms with Gasteiger partial charge >= 0.3 is 5.97 Å². The third-order valence-electron chi connectivity index (χ3n) is 3.31. The van der Waals surface area contributed by atoms with Crippen LogP contribution >= 0.6 is 12.6 Å². The molecule has 0 spiro atoms. The molecule has 0 saturated heterocycles. The van der Waals surface area contributed by atoms with Crippen molar-refractivity contribution in [3.63, 3.8) is 0 Å². The van der Waals surface area contributed by atoms with Crippen LogP contribution in [0.5, 0.6) is 5.75 Å². The van der Waals surface area contributed by atoms with E-state index in [0.717, 1.165) is 16.3 Å². The summed E-state index contributed by atoms with van der Waals surface area (Å²) >= 11 is 3.82. The number of ether oxygens (including phenoxy) is 1. The molecule has 2 aromatic rings. The van der Waals surface area contributed by atoms with E-state index in [1.807, 2.05) is 24.3 Å². The van der Waals surface area contributed by atoms with Gasteiger partial charge in [0.1, 0.15) is 5.75 Å². The first-order chi connectivity index (χ1) is 10.1. The largest absolute Gasteiger partial charge is 0.507 e. The van der Waals surface area contributed by atoms with Gasteiger partial charge in [-0.3, -0.25) is 4.79 Å². The van der Waals surface area contributed by atoms with Crippen molar-refractivity contribution in [3.05, 3.63) is 42.0 Å². The summed E-state index contributed by atoms with van der Waals surface area (Å²) in [6.07, 6.45) is 0.384. The predicted octanol–water partition coefficient (Wildman–Crippen LogP) is 2.83. The molecule has 0 aromatic heterocycles. The number of aliphatic hydroxyl groups is 1. The average Bonchev–Trinajstić information content (AvgIpc) is 2.51. The number of phenols is 1. The van der Waals surface area contributed by atoms with Crippen LogP contribution < -0.4 is 0 Å². The minimum atomic E-state index is -0.662. The van der Waals surface area contributed by atoms with Crippen LogP contribution in [0.15, 0.2) is 36.4 Å². The summed E-state index contributed by atoms with van der Waals surface area (Å²) < 4.78 is 4.92. The number of carbonyl (C=O) groups excluding carboxylic acids is 1. The van der Waals surface area contributed by atoms with Crippen molar-refractivity contribution >= 4 is 29.4 Å². The molecule has 2 rings (SSSR count). The molecule has 0 heterocycles. The molecule has 0 aliphatic carbocycles. The van der Waals surface area contributed by atoms with Crippen LogP contribution in [-0.2, 0) is 9.53 Å². The zero-order valence-electron chi connectivity index (χ0n) is 11.5. The molecule has 1 atom stereocenters. The standard InChI is InChI=1S/C16H18O4S/c17-14(6-3-9-20-16(19)10-21)13-7-8-15(18)12-5-2-1-4-11(12)13/h1-2,4-5,7-8,14,17-18,21H,3,6,9-10H2/t14-/m0/s1. The highest BCUT2D eigenvalue weighted by Crippen LogP contribution is 2.32. The fourth-order valence-electron chi connectivity index (χ4n) is 2.26. The summed E-state index contributed by atoms with van der Waals surface area (Å²) in [6, 6.07) is 10.7. The average molecular weight is 306 g/mol. The maximum Gasteiger partial charge on any atom is 0.315 e. The third kappa shape index (κ3) is 3.89. The molecule has 21 heavy (non-hydrogen) atoms. The van der Waals surface area contributed by atoms with E-state index in [1.54, 1.807) is 12.1 Å². The van der Waals surface area contributed by atoms with Crippen molar-refractivity contribution in [2.45, 2.75) is 18.9 Å². The molecular formula is C16H18O4S. The lowest BCUT2D eigenvalue weighted by Crippen LogP contribution is -2.08. The van der Waals surface area contributed by atoms with Crippen molar-refractivity contribution in [1.29, 1.82) is 0 Å². The van der Waals surface area contributed by atoms with E-state index in [1.165, 1.54) is 0 Å². The lowest BCUT2D eigenvalue weighted by molar-refractivity contribution is -0.140. The van der Waals surface area contributed by atoms with E-state index in [-0.39, 0.29) is 24.1 Å². The van der Waals surface area contributed by atoms with E-state index in [4.69, 9.17) is 4.74 Å². The number of esters is 1. The number of benzene rings is 2. The molecule has 0 fully saturated rings. The molecule has 2 N–H and O–H groups in total. The van der Waals surface area contributed by atoms with Crippen molar-refractivity contribution in [3.8, 4) is 5.75 Å². The van der Waals surface area contributed by atoms with Gasteiger partial charge in [0.25, 0.3) is 0 Å². The maximum absolute atomic E-state index is 10.9. The van der Waals surface area contributed by atoms with E-state index in [2.05, 4.69) is 12.6 Å². The molecule has 4 nitrogen and oxygen atoms in total. The van der Waals surface area contributed by atoms with Crippen molar-refractivity contribution < 1.29 is 19.7 Å². The summed E-state index contributed by atoms with van der Waals surface area (Å²) in [6.45, 7) is 0.270. The highest BCUT2D eigenvalue weighted by atomic mass is 32.1. The topological polar surface area (TPSA) is 66.8 Å². The van der Waals surface area contributed by atoms with Crippen molar-refractivity contribution in [1.82, 2.24) is 0 Å². The summed E-state index contributed by atoms with van der Waals surface area (Å²) in [5, 5.41) is 21.7. The van der Waals surface area contributed by atoms with Crippen LogP contribution in [0.4, 0.5) is 0 Å². The second-order valence-corrected chi connectivity index (χ2v) is 5.07. The molecule has 2 aromatic carbocycles. The second kappa shape index (κ2) is 7.33. The normalized spacial score (nSPS) is 12.3. The second-order valence-electron chi connectivity index (χ2n) is 4.76. The van der Waals surface area contributed by atoms with E-state index in [9.17, 15) is 15.0 Å². The van der Waals surface area contributed by atoms with E-state index < -0.39 is 6.10 Å². The SMILES string of the molecule is O=C(CS)OCCC[C@H](O)c1ccc(O)c2ccccc12. The van der Waals surface area contributed by atoms with Crippen molar-refractivity contribution in [2.75, 3.05) is 12.4 Å². The fourth-order valence-corrected chi connectivity index (χ4v) is 2.35. The molecule has 0 unspecified atom stereocenters. The number of fused-ring (bicyclic) bond motifs is 1. The van der Waals surface area contributed by atoms with Gasteiger partial charge in [0.05, 0.1) is 18.5 Å². The maximum atomic E-state index is 10.9. The van der Waals surface area contributed by atoms with Crippen molar-refractivity contribution in [2.24, 2.45) is 0 Å². The molecule has 5 heteroatoms. The van der Waals surface area contributed by atoms with E-state index in [0.29, 0.717) is 12.8 Å². The lowest BCUT2D eigenvalue weighted by Gasteiger charge is -2.14. The van der Waals surface area contributed by atoms with E-state index >= 15 is 0 Å². The van der Waals surface area contributed by atoms with Gasteiger partial charge in [-0.25, -0.2) is 0 Å². The molecular weight excluding hydrogens is 288 g/mol. The Morgan fingerprint density at radius 2 is 1.90 bits per heavy atom. The Morgan fingerprint density at radius 3 is 2.62 bits per heavy atom. The Hall–Kier alpha value is -1.72. The van der Waals surface area contributed by atoms with Crippen LogP contribution in [0, 0.1) is 0 Å². The number of aromatic hydroxyl groups is 1. The first-order valence-electron chi connectivity index (χ1n) is 6.78. The van der Waals surface area contributed by atoms with Gasteiger partial charge in [-0.2, -0.15) is 12.6 Å². The van der Waals surface area contributed by atoms with Gasteiger partial charge in [0.2, 0.25) is 0 Å². The van der Waals surface area contributed by atoms with Crippen LogP contribution in [0.25, 0.3) is 10.8 Å². The number of carbonyl (C=O) groups is 1. The Labute approximate surface area is 128 Å². The first kappa shape index (κ1) is 15.7. The molecule has 112 valence electrons. The molecule has 0 aliphatic heterocycles. The Balaban J connectivity index is 2.04. The summed E-state index contributed by atoms with van der Waals surface area (Å²) in [7, 11) is 0. The number of aliphatic hydroxyl groups excluding tert-OH is 1. The number of thiol groups is 1. The first-order valence-corrected chi connectivity index (χ1v) is 7.42. The van der Waals surface area contributed by atoms with Gasteiger partial charge < -0.3 is 14.9 Å².